The topological polar surface area (TPSA) is 9.23 Å². The van der Waals surface area contributed by atoms with Gasteiger partial charge in [-0.2, -0.15) is 0 Å². The van der Waals surface area contributed by atoms with Crippen molar-refractivity contribution in [1.29, 1.82) is 0 Å². The van der Waals surface area contributed by atoms with Gasteiger partial charge in [0.25, 0.3) is 0 Å². The quantitative estimate of drug-likeness (QED) is 0.555. The molecular formula is C10H10BrIO. The van der Waals surface area contributed by atoms with Crippen LogP contribution >= 0.6 is 38.5 Å². The lowest BCUT2D eigenvalue weighted by Gasteiger charge is -2.06. The van der Waals surface area contributed by atoms with Gasteiger partial charge in [0, 0.05) is 10.8 Å². The van der Waals surface area contributed by atoms with E-state index >= 15 is 0 Å². The fourth-order valence-corrected chi connectivity index (χ4v) is 2.82. The highest BCUT2D eigenvalue weighted by Crippen LogP contribution is 2.37. The first kappa shape index (κ1) is 9.77. The number of fused-ring (bicyclic) bond motifs is 1. The second-order valence-corrected chi connectivity index (χ2v) is 5.07. The Hall–Kier alpha value is 0.230. The summed E-state index contributed by atoms with van der Waals surface area (Å²) in [6.45, 7) is 2.11. The van der Waals surface area contributed by atoms with E-state index in [-0.39, 0.29) is 0 Å². The maximum atomic E-state index is 5.79. The number of benzene rings is 1. The number of hydrogen-bond donors (Lipinski definition) is 0. The maximum absolute atomic E-state index is 5.79. The summed E-state index contributed by atoms with van der Waals surface area (Å²) in [5.41, 5.74) is 2.64. The van der Waals surface area contributed by atoms with Crippen LogP contribution in [-0.2, 0) is 6.42 Å². The minimum absolute atomic E-state index is 0.369. The Kier molecular flexibility index (Phi) is 2.83. The van der Waals surface area contributed by atoms with Crippen molar-refractivity contribution in [1.82, 2.24) is 0 Å². The van der Waals surface area contributed by atoms with Gasteiger partial charge in [0.2, 0.25) is 0 Å². The van der Waals surface area contributed by atoms with Crippen LogP contribution in [0.3, 0.4) is 0 Å². The van der Waals surface area contributed by atoms with Crippen LogP contribution in [0.1, 0.15) is 11.1 Å². The van der Waals surface area contributed by atoms with E-state index in [1.165, 1.54) is 11.1 Å². The van der Waals surface area contributed by atoms with Gasteiger partial charge >= 0.3 is 0 Å². The Morgan fingerprint density at radius 2 is 2.38 bits per heavy atom. The predicted octanol–water partition coefficient (Wildman–Crippen LogP) is 3.50. The molecule has 1 aromatic rings. The molecular weight excluding hydrogens is 343 g/mol. The maximum Gasteiger partial charge on any atom is 0.137 e. The van der Waals surface area contributed by atoms with Crippen molar-refractivity contribution in [3.8, 4) is 5.75 Å². The number of aryl methyl sites for hydroxylation is 1. The fraction of sp³-hybridized carbons (Fsp3) is 0.400. The minimum atomic E-state index is 0.369. The van der Waals surface area contributed by atoms with Crippen molar-refractivity contribution >= 4 is 38.5 Å². The molecule has 0 aliphatic carbocycles. The van der Waals surface area contributed by atoms with E-state index in [1.54, 1.807) is 0 Å². The van der Waals surface area contributed by atoms with Crippen molar-refractivity contribution in [2.24, 2.45) is 0 Å². The van der Waals surface area contributed by atoms with E-state index in [0.717, 1.165) is 21.1 Å². The van der Waals surface area contributed by atoms with Crippen LogP contribution in [-0.4, -0.2) is 10.5 Å². The fourth-order valence-electron chi connectivity index (χ4n) is 1.62. The third-order valence-corrected chi connectivity index (χ3v) is 3.74. The highest BCUT2D eigenvalue weighted by atomic mass is 127. The normalized spacial score (nSPS) is 19.8. The summed E-state index contributed by atoms with van der Waals surface area (Å²) in [6.07, 6.45) is 1.42. The monoisotopic (exact) mass is 352 g/mol. The molecule has 70 valence electrons. The van der Waals surface area contributed by atoms with Crippen molar-refractivity contribution in [2.45, 2.75) is 19.4 Å². The molecule has 1 nitrogen and oxygen atoms in total. The van der Waals surface area contributed by atoms with Gasteiger partial charge in [-0.15, -0.1) is 0 Å². The second kappa shape index (κ2) is 3.77. The molecule has 3 heteroatoms. The van der Waals surface area contributed by atoms with Gasteiger partial charge in [0.15, 0.2) is 0 Å². The van der Waals surface area contributed by atoms with Crippen molar-refractivity contribution < 1.29 is 4.74 Å². The molecule has 0 amide bonds. The van der Waals surface area contributed by atoms with Gasteiger partial charge < -0.3 is 4.74 Å². The van der Waals surface area contributed by atoms with Crippen molar-refractivity contribution in [2.75, 3.05) is 4.43 Å². The van der Waals surface area contributed by atoms with Gasteiger partial charge in [-0.25, -0.2) is 0 Å². The van der Waals surface area contributed by atoms with Crippen molar-refractivity contribution in [3.63, 3.8) is 0 Å². The molecule has 1 unspecified atom stereocenters. The average molecular weight is 353 g/mol. The minimum Gasteiger partial charge on any atom is -0.488 e. The van der Waals surface area contributed by atoms with E-state index < -0.39 is 0 Å². The SMILES string of the molecule is Cc1cc(Br)c2c(c1)CC(CI)O2. The smallest absolute Gasteiger partial charge is 0.137 e. The lowest BCUT2D eigenvalue weighted by atomic mass is 10.1. The molecule has 13 heavy (non-hydrogen) atoms. The molecule has 0 radical (unpaired) electrons. The molecule has 1 aliphatic heterocycles. The summed E-state index contributed by atoms with van der Waals surface area (Å²) in [5, 5.41) is 0. The number of alkyl halides is 1. The van der Waals surface area contributed by atoms with Crippen LogP contribution in [0.25, 0.3) is 0 Å². The molecule has 1 aromatic carbocycles. The molecule has 2 rings (SSSR count). The third kappa shape index (κ3) is 1.86. The van der Waals surface area contributed by atoms with Crippen LogP contribution in [0.5, 0.6) is 5.75 Å². The largest absolute Gasteiger partial charge is 0.488 e. The van der Waals surface area contributed by atoms with Gasteiger partial charge in [-0.05, 0) is 40.0 Å². The average Bonchev–Trinajstić information content (AvgIpc) is 2.47. The lowest BCUT2D eigenvalue weighted by molar-refractivity contribution is 0.261. The molecule has 1 aliphatic rings. The van der Waals surface area contributed by atoms with Crippen LogP contribution in [0.4, 0.5) is 0 Å². The zero-order valence-corrected chi connectivity index (χ0v) is 11.1. The highest BCUT2D eigenvalue weighted by molar-refractivity contribution is 14.1. The van der Waals surface area contributed by atoms with Crippen LogP contribution in [0, 0.1) is 6.92 Å². The zero-order valence-electron chi connectivity index (χ0n) is 7.31. The molecule has 0 N–H and O–H groups in total. The van der Waals surface area contributed by atoms with Gasteiger partial charge in [-0.1, -0.05) is 28.7 Å². The number of halogens is 2. The standard InChI is InChI=1S/C10H10BrIO/c1-6-2-7-4-8(5-12)13-10(7)9(11)3-6/h2-3,8H,4-5H2,1H3. The van der Waals surface area contributed by atoms with E-state index in [4.69, 9.17) is 4.74 Å². The Labute approximate surface area is 100 Å². The highest BCUT2D eigenvalue weighted by Gasteiger charge is 2.23. The summed E-state index contributed by atoms with van der Waals surface area (Å²) in [5.74, 6) is 1.05. The lowest BCUT2D eigenvalue weighted by Crippen LogP contribution is -2.13. The molecule has 0 saturated carbocycles. The Bertz CT molecular complexity index is 338. The molecule has 1 heterocycles. The number of ether oxygens (including phenoxy) is 1. The van der Waals surface area contributed by atoms with Gasteiger partial charge in [-0.3, -0.25) is 0 Å². The molecule has 0 bridgehead atoms. The molecule has 0 fully saturated rings. The molecule has 0 spiro atoms. The first-order valence-electron chi connectivity index (χ1n) is 4.22. The van der Waals surface area contributed by atoms with Gasteiger partial charge in [0.05, 0.1) is 4.47 Å². The Morgan fingerprint density at radius 1 is 1.62 bits per heavy atom. The van der Waals surface area contributed by atoms with Crippen molar-refractivity contribution in [3.05, 3.63) is 27.7 Å². The molecule has 0 aromatic heterocycles. The zero-order chi connectivity index (χ0) is 9.42. The number of hydrogen-bond acceptors (Lipinski definition) is 1. The first-order chi connectivity index (χ1) is 6.20. The first-order valence-corrected chi connectivity index (χ1v) is 6.54. The predicted molar refractivity (Wildman–Crippen MR) is 65.9 cm³/mol. The summed E-state index contributed by atoms with van der Waals surface area (Å²) >= 11 is 5.90. The summed E-state index contributed by atoms with van der Waals surface area (Å²) in [4.78, 5) is 0. The van der Waals surface area contributed by atoms with E-state index in [1.807, 2.05) is 0 Å². The Morgan fingerprint density at radius 3 is 3.08 bits per heavy atom. The van der Waals surface area contributed by atoms with Gasteiger partial charge in [0.1, 0.15) is 11.9 Å². The van der Waals surface area contributed by atoms with Crippen LogP contribution in [0.15, 0.2) is 16.6 Å². The van der Waals surface area contributed by atoms with Crippen LogP contribution in [0.2, 0.25) is 0 Å². The Balaban J connectivity index is 2.40. The third-order valence-electron chi connectivity index (χ3n) is 2.17. The summed E-state index contributed by atoms with van der Waals surface area (Å²) < 4.78 is 7.93. The molecule has 0 saturated heterocycles. The van der Waals surface area contributed by atoms with E-state index in [9.17, 15) is 0 Å². The van der Waals surface area contributed by atoms with E-state index in [0.29, 0.717) is 6.10 Å². The molecule has 1 atom stereocenters. The second-order valence-electron chi connectivity index (χ2n) is 3.33. The summed E-state index contributed by atoms with van der Waals surface area (Å²) in [7, 11) is 0. The number of rotatable bonds is 1. The summed E-state index contributed by atoms with van der Waals surface area (Å²) in [6, 6.07) is 4.32. The van der Waals surface area contributed by atoms with E-state index in [2.05, 4.69) is 57.6 Å². The van der Waals surface area contributed by atoms with Crippen LogP contribution < -0.4 is 4.74 Å².